The second-order valence-corrected chi connectivity index (χ2v) is 7.65. The Labute approximate surface area is 161 Å². The van der Waals surface area contributed by atoms with Gasteiger partial charge in [-0.15, -0.1) is 10.2 Å². The van der Waals surface area contributed by atoms with Crippen LogP contribution in [0.5, 0.6) is 0 Å². The van der Waals surface area contributed by atoms with Crippen molar-refractivity contribution in [3.63, 3.8) is 0 Å². The van der Waals surface area contributed by atoms with E-state index >= 15 is 0 Å². The standard InChI is InChI=1S/C17H13BrN4O3S/c18-11-3-5-12(6-4-11)22-9-10(8-14(22)23)15(24)19-17-21-20-16(26-17)13-2-1-7-25-13/h1-7,10H,8-9H2,(H,19,21,24)/t10-/m0/s1. The van der Waals surface area contributed by atoms with Crippen molar-refractivity contribution in [2.75, 3.05) is 16.8 Å². The lowest BCUT2D eigenvalue weighted by molar-refractivity contribution is -0.122. The molecule has 0 saturated carbocycles. The number of amides is 2. The minimum atomic E-state index is -0.429. The highest BCUT2D eigenvalue weighted by Crippen LogP contribution is 2.29. The minimum absolute atomic E-state index is 0.0685. The number of carbonyl (C=O) groups excluding carboxylic acids is 2. The third kappa shape index (κ3) is 3.40. The molecule has 2 amide bonds. The fourth-order valence-electron chi connectivity index (χ4n) is 2.73. The summed E-state index contributed by atoms with van der Waals surface area (Å²) in [5.74, 6) is -0.135. The van der Waals surface area contributed by atoms with Gasteiger partial charge in [0.25, 0.3) is 0 Å². The van der Waals surface area contributed by atoms with Crippen molar-refractivity contribution in [2.24, 2.45) is 5.92 Å². The average molecular weight is 433 g/mol. The van der Waals surface area contributed by atoms with Crippen LogP contribution in [0, 0.1) is 5.92 Å². The van der Waals surface area contributed by atoms with Crippen molar-refractivity contribution in [1.82, 2.24) is 10.2 Å². The molecule has 2 aromatic heterocycles. The molecule has 3 heterocycles. The van der Waals surface area contributed by atoms with Gasteiger partial charge in [-0.2, -0.15) is 0 Å². The van der Waals surface area contributed by atoms with E-state index in [9.17, 15) is 9.59 Å². The maximum absolute atomic E-state index is 12.5. The number of hydrogen-bond donors (Lipinski definition) is 1. The van der Waals surface area contributed by atoms with Gasteiger partial charge in [-0.05, 0) is 36.4 Å². The molecule has 3 aromatic rings. The molecule has 26 heavy (non-hydrogen) atoms. The number of hydrogen-bond acceptors (Lipinski definition) is 6. The lowest BCUT2D eigenvalue weighted by Crippen LogP contribution is -2.28. The predicted molar refractivity (Wildman–Crippen MR) is 101 cm³/mol. The van der Waals surface area contributed by atoms with Gasteiger partial charge < -0.3 is 14.6 Å². The summed E-state index contributed by atoms with van der Waals surface area (Å²) in [6.07, 6.45) is 1.72. The van der Waals surface area contributed by atoms with Gasteiger partial charge in [0.1, 0.15) is 0 Å². The van der Waals surface area contributed by atoms with Gasteiger partial charge in [0.15, 0.2) is 10.8 Å². The summed E-state index contributed by atoms with van der Waals surface area (Å²) >= 11 is 4.60. The average Bonchev–Trinajstić information content (AvgIpc) is 3.36. The molecule has 0 unspecified atom stereocenters. The SMILES string of the molecule is O=C(Nc1nnc(-c2ccco2)s1)[C@H]1CC(=O)N(c2ccc(Br)cc2)C1. The van der Waals surface area contributed by atoms with Gasteiger partial charge >= 0.3 is 0 Å². The molecule has 7 nitrogen and oxygen atoms in total. The largest absolute Gasteiger partial charge is 0.462 e. The Bertz CT molecular complexity index is 939. The summed E-state index contributed by atoms with van der Waals surface area (Å²) in [6, 6.07) is 11.0. The fourth-order valence-corrected chi connectivity index (χ4v) is 3.71. The van der Waals surface area contributed by atoms with E-state index in [2.05, 4.69) is 31.4 Å². The summed E-state index contributed by atoms with van der Waals surface area (Å²) in [5, 5.41) is 11.7. The van der Waals surface area contributed by atoms with Crippen molar-refractivity contribution in [2.45, 2.75) is 6.42 Å². The predicted octanol–water partition coefficient (Wildman–Crippen LogP) is 3.55. The summed E-state index contributed by atoms with van der Waals surface area (Å²) in [5.41, 5.74) is 0.782. The first-order valence-corrected chi connectivity index (χ1v) is 9.45. The van der Waals surface area contributed by atoms with Crippen LogP contribution in [-0.2, 0) is 9.59 Å². The zero-order chi connectivity index (χ0) is 18.1. The van der Waals surface area contributed by atoms with Crippen LogP contribution in [-0.4, -0.2) is 28.6 Å². The number of furan rings is 1. The molecule has 9 heteroatoms. The first kappa shape index (κ1) is 16.9. The van der Waals surface area contributed by atoms with E-state index in [4.69, 9.17) is 4.42 Å². The van der Waals surface area contributed by atoms with Crippen LogP contribution in [0.4, 0.5) is 10.8 Å². The normalized spacial score (nSPS) is 16.9. The number of carbonyl (C=O) groups is 2. The number of aromatic nitrogens is 2. The fraction of sp³-hybridized carbons (Fsp3) is 0.176. The van der Waals surface area contributed by atoms with E-state index in [0.717, 1.165) is 10.2 Å². The summed E-state index contributed by atoms with van der Waals surface area (Å²) in [4.78, 5) is 26.4. The Morgan fingerprint density at radius 1 is 1.27 bits per heavy atom. The van der Waals surface area contributed by atoms with Crippen LogP contribution in [0.15, 0.2) is 51.6 Å². The molecule has 1 aliphatic rings. The van der Waals surface area contributed by atoms with Crippen LogP contribution < -0.4 is 10.2 Å². The first-order valence-electron chi connectivity index (χ1n) is 7.84. The smallest absolute Gasteiger partial charge is 0.231 e. The van der Waals surface area contributed by atoms with Crippen molar-refractivity contribution in [3.8, 4) is 10.8 Å². The molecule has 132 valence electrons. The maximum Gasteiger partial charge on any atom is 0.231 e. The van der Waals surface area contributed by atoms with Gasteiger partial charge in [0, 0.05) is 23.1 Å². The van der Waals surface area contributed by atoms with Crippen molar-refractivity contribution in [3.05, 3.63) is 47.1 Å². The van der Waals surface area contributed by atoms with Gasteiger partial charge in [0.2, 0.25) is 16.9 Å². The van der Waals surface area contributed by atoms with Gasteiger partial charge in [-0.1, -0.05) is 27.3 Å². The lowest BCUT2D eigenvalue weighted by atomic mass is 10.1. The van der Waals surface area contributed by atoms with Crippen molar-refractivity contribution in [1.29, 1.82) is 0 Å². The van der Waals surface area contributed by atoms with Gasteiger partial charge in [-0.25, -0.2) is 0 Å². The van der Waals surface area contributed by atoms with E-state index in [1.165, 1.54) is 11.3 Å². The highest BCUT2D eigenvalue weighted by molar-refractivity contribution is 9.10. The second kappa shape index (κ2) is 7.00. The van der Waals surface area contributed by atoms with Crippen molar-refractivity contribution < 1.29 is 14.0 Å². The van der Waals surface area contributed by atoms with Crippen LogP contribution >= 0.6 is 27.3 Å². The third-order valence-corrected chi connectivity index (χ3v) is 5.40. The number of nitrogens with one attached hydrogen (secondary N) is 1. The summed E-state index contributed by atoms with van der Waals surface area (Å²) < 4.78 is 6.20. The first-order chi connectivity index (χ1) is 12.6. The third-order valence-electron chi connectivity index (χ3n) is 4.02. The number of benzene rings is 1. The Balaban J connectivity index is 1.43. The molecule has 0 aliphatic carbocycles. The van der Waals surface area contributed by atoms with Crippen LogP contribution in [0.25, 0.3) is 10.8 Å². The second-order valence-electron chi connectivity index (χ2n) is 5.76. The Hall–Kier alpha value is -2.52. The van der Waals surface area contributed by atoms with E-state index in [0.29, 0.717) is 22.4 Å². The molecule has 0 bridgehead atoms. The molecule has 1 saturated heterocycles. The molecule has 1 atom stereocenters. The number of anilines is 2. The molecule has 0 spiro atoms. The Morgan fingerprint density at radius 2 is 2.08 bits per heavy atom. The number of nitrogens with zero attached hydrogens (tertiary/aromatic N) is 3. The van der Waals surface area contributed by atoms with E-state index in [-0.39, 0.29) is 18.2 Å². The van der Waals surface area contributed by atoms with E-state index in [1.54, 1.807) is 23.3 Å². The highest BCUT2D eigenvalue weighted by atomic mass is 79.9. The van der Waals surface area contributed by atoms with E-state index < -0.39 is 5.92 Å². The van der Waals surface area contributed by atoms with Gasteiger partial charge in [-0.3, -0.25) is 9.59 Å². The molecule has 1 N–H and O–H groups in total. The topological polar surface area (TPSA) is 88.3 Å². The quantitative estimate of drug-likeness (QED) is 0.680. The molecule has 0 radical (unpaired) electrons. The lowest BCUT2D eigenvalue weighted by Gasteiger charge is -2.16. The Morgan fingerprint density at radius 3 is 2.81 bits per heavy atom. The Kier molecular flexibility index (Phi) is 4.56. The molecule has 1 aromatic carbocycles. The zero-order valence-corrected chi connectivity index (χ0v) is 15.8. The minimum Gasteiger partial charge on any atom is -0.462 e. The highest BCUT2D eigenvalue weighted by Gasteiger charge is 2.35. The summed E-state index contributed by atoms with van der Waals surface area (Å²) in [7, 11) is 0. The zero-order valence-electron chi connectivity index (χ0n) is 13.4. The van der Waals surface area contributed by atoms with Gasteiger partial charge in [0.05, 0.1) is 12.2 Å². The maximum atomic E-state index is 12.5. The molecule has 1 aliphatic heterocycles. The van der Waals surface area contributed by atoms with E-state index in [1.807, 2.05) is 24.3 Å². The molecular formula is C17H13BrN4O3S. The summed E-state index contributed by atoms with van der Waals surface area (Å²) in [6.45, 7) is 0.343. The van der Waals surface area contributed by atoms with Crippen LogP contribution in [0.3, 0.4) is 0 Å². The molecule has 4 rings (SSSR count). The molecular weight excluding hydrogens is 420 g/mol. The van der Waals surface area contributed by atoms with Crippen LogP contribution in [0.1, 0.15) is 6.42 Å². The van der Waals surface area contributed by atoms with Crippen molar-refractivity contribution >= 4 is 49.9 Å². The molecule has 1 fully saturated rings. The number of halogens is 1. The van der Waals surface area contributed by atoms with Crippen LogP contribution in [0.2, 0.25) is 0 Å². The monoisotopic (exact) mass is 432 g/mol. The number of rotatable bonds is 4.